The molecule has 106 valence electrons. The Morgan fingerprint density at radius 1 is 1.47 bits per heavy atom. The van der Waals surface area contributed by atoms with Crippen LogP contribution in [0.5, 0.6) is 0 Å². The SMILES string of the molecule is Cc1ccc(S(=O)(=O)N2CCC(CCO)C2)cc1F. The van der Waals surface area contributed by atoms with Gasteiger partial charge < -0.3 is 5.11 Å². The molecule has 1 heterocycles. The van der Waals surface area contributed by atoms with Crippen molar-refractivity contribution in [1.82, 2.24) is 4.31 Å². The molecule has 1 saturated heterocycles. The summed E-state index contributed by atoms with van der Waals surface area (Å²) in [5.74, 6) is -0.317. The van der Waals surface area contributed by atoms with E-state index in [0.717, 1.165) is 12.5 Å². The van der Waals surface area contributed by atoms with Crippen LogP contribution >= 0.6 is 0 Å². The Bertz CT molecular complexity index is 559. The molecule has 19 heavy (non-hydrogen) atoms. The normalized spacial score (nSPS) is 20.9. The van der Waals surface area contributed by atoms with Gasteiger partial charge in [0.05, 0.1) is 4.90 Å². The van der Waals surface area contributed by atoms with Gasteiger partial charge >= 0.3 is 0 Å². The molecule has 1 aromatic rings. The molecule has 2 rings (SSSR count). The molecule has 6 heteroatoms. The molecule has 1 fully saturated rings. The van der Waals surface area contributed by atoms with Gasteiger partial charge in [-0.2, -0.15) is 4.31 Å². The molecular formula is C13H18FNO3S. The number of aliphatic hydroxyl groups is 1. The third-order valence-electron chi connectivity index (χ3n) is 3.57. The average Bonchev–Trinajstić information content (AvgIpc) is 2.82. The van der Waals surface area contributed by atoms with Crippen molar-refractivity contribution in [3.63, 3.8) is 0 Å². The fourth-order valence-corrected chi connectivity index (χ4v) is 3.86. The number of halogens is 1. The van der Waals surface area contributed by atoms with Crippen molar-refractivity contribution in [3.8, 4) is 0 Å². The minimum absolute atomic E-state index is 0.000230. The van der Waals surface area contributed by atoms with Crippen molar-refractivity contribution < 1.29 is 17.9 Å². The standard InChI is InChI=1S/C13H18FNO3S/c1-10-2-3-12(8-13(10)14)19(17,18)15-6-4-11(9-15)5-7-16/h2-3,8,11,16H,4-7,9H2,1H3. The lowest BCUT2D eigenvalue weighted by atomic mass is 10.1. The van der Waals surface area contributed by atoms with Gasteiger partial charge in [0.25, 0.3) is 0 Å². The van der Waals surface area contributed by atoms with Crippen LogP contribution in [0.2, 0.25) is 0 Å². The molecule has 0 spiro atoms. The Morgan fingerprint density at radius 2 is 2.21 bits per heavy atom. The van der Waals surface area contributed by atoms with Gasteiger partial charge in [-0.1, -0.05) is 6.07 Å². The number of sulfonamides is 1. The third kappa shape index (κ3) is 2.96. The van der Waals surface area contributed by atoms with E-state index in [1.165, 1.54) is 16.4 Å². The number of aliphatic hydroxyl groups excluding tert-OH is 1. The summed E-state index contributed by atoms with van der Waals surface area (Å²) >= 11 is 0. The molecule has 0 amide bonds. The van der Waals surface area contributed by atoms with Crippen LogP contribution in [0.4, 0.5) is 4.39 Å². The van der Waals surface area contributed by atoms with Gasteiger partial charge in [-0.3, -0.25) is 0 Å². The Labute approximate surface area is 112 Å². The zero-order valence-corrected chi connectivity index (χ0v) is 11.7. The lowest BCUT2D eigenvalue weighted by Crippen LogP contribution is -2.29. The minimum Gasteiger partial charge on any atom is -0.396 e. The summed E-state index contributed by atoms with van der Waals surface area (Å²) in [6, 6.07) is 3.99. The highest BCUT2D eigenvalue weighted by molar-refractivity contribution is 7.89. The second-order valence-corrected chi connectivity index (χ2v) is 6.88. The van der Waals surface area contributed by atoms with Crippen molar-refractivity contribution in [2.24, 2.45) is 5.92 Å². The van der Waals surface area contributed by atoms with Crippen LogP contribution in [0.15, 0.2) is 23.1 Å². The van der Waals surface area contributed by atoms with Crippen molar-refractivity contribution in [1.29, 1.82) is 0 Å². The smallest absolute Gasteiger partial charge is 0.243 e. The Hall–Kier alpha value is -0.980. The van der Waals surface area contributed by atoms with Crippen LogP contribution in [-0.4, -0.2) is 37.5 Å². The summed E-state index contributed by atoms with van der Waals surface area (Å²) in [5.41, 5.74) is 0.429. The highest BCUT2D eigenvalue weighted by atomic mass is 32.2. The van der Waals surface area contributed by atoms with E-state index < -0.39 is 15.8 Å². The van der Waals surface area contributed by atoms with Gasteiger partial charge in [0, 0.05) is 19.7 Å². The Balaban J connectivity index is 2.21. The predicted octanol–water partition coefficient (Wildman–Crippen LogP) is 1.53. The third-order valence-corrected chi connectivity index (χ3v) is 5.43. The maximum Gasteiger partial charge on any atom is 0.243 e. The van der Waals surface area contributed by atoms with Crippen molar-refractivity contribution >= 4 is 10.0 Å². The van der Waals surface area contributed by atoms with E-state index >= 15 is 0 Å². The van der Waals surface area contributed by atoms with Crippen LogP contribution in [-0.2, 0) is 10.0 Å². The minimum atomic E-state index is -3.62. The monoisotopic (exact) mass is 287 g/mol. The van der Waals surface area contributed by atoms with Gasteiger partial charge in [-0.05, 0) is 43.4 Å². The molecule has 0 aliphatic carbocycles. The predicted molar refractivity (Wildman–Crippen MR) is 69.7 cm³/mol. The lowest BCUT2D eigenvalue weighted by Gasteiger charge is -2.16. The molecular weight excluding hydrogens is 269 g/mol. The van der Waals surface area contributed by atoms with Gasteiger partial charge in [-0.25, -0.2) is 12.8 Å². The van der Waals surface area contributed by atoms with E-state index in [9.17, 15) is 12.8 Å². The van der Waals surface area contributed by atoms with E-state index in [-0.39, 0.29) is 17.4 Å². The first-order chi connectivity index (χ1) is 8.95. The fraction of sp³-hybridized carbons (Fsp3) is 0.538. The van der Waals surface area contributed by atoms with E-state index in [4.69, 9.17) is 5.11 Å². The van der Waals surface area contributed by atoms with Gasteiger partial charge in [0.1, 0.15) is 5.82 Å². The van der Waals surface area contributed by atoms with Crippen LogP contribution in [0.1, 0.15) is 18.4 Å². The number of hydrogen-bond donors (Lipinski definition) is 1. The number of benzene rings is 1. The molecule has 1 unspecified atom stereocenters. The molecule has 0 saturated carbocycles. The number of aryl methyl sites for hydroxylation is 1. The van der Waals surface area contributed by atoms with Crippen molar-refractivity contribution in [2.75, 3.05) is 19.7 Å². The maximum atomic E-state index is 13.5. The van der Waals surface area contributed by atoms with E-state index in [2.05, 4.69) is 0 Å². The largest absolute Gasteiger partial charge is 0.396 e. The topological polar surface area (TPSA) is 57.6 Å². The molecule has 1 atom stereocenters. The lowest BCUT2D eigenvalue weighted by molar-refractivity contribution is 0.259. The van der Waals surface area contributed by atoms with Gasteiger partial charge in [0.15, 0.2) is 0 Å². The first-order valence-corrected chi connectivity index (χ1v) is 7.76. The van der Waals surface area contributed by atoms with E-state index in [1.807, 2.05) is 0 Å². The van der Waals surface area contributed by atoms with Crippen molar-refractivity contribution in [2.45, 2.75) is 24.7 Å². The molecule has 4 nitrogen and oxygen atoms in total. The zero-order chi connectivity index (χ0) is 14.0. The van der Waals surface area contributed by atoms with Gasteiger partial charge in [0.2, 0.25) is 10.0 Å². The van der Waals surface area contributed by atoms with Gasteiger partial charge in [-0.15, -0.1) is 0 Å². The summed E-state index contributed by atoms with van der Waals surface area (Å²) in [4.78, 5) is 0.000230. The number of nitrogens with zero attached hydrogens (tertiary/aromatic N) is 1. The summed E-state index contributed by atoms with van der Waals surface area (Å²) in [7, 11) is -3.62. The molecule has 1 aromatic carbocycles. The summed E-state index contributed by atoms with van der Waals surface area (Å²) in [6.45, 7) is 2.50. The second kappa shape index (κ2) is 5.56. The average molecular weight is 287 g/mol. The highest BCUT2D eigenvalue weighted by Gasteiger charge is 2.32. The number of rotatable bonds is 4. The summed E-state index contributed by atoms with van der Waals surface area (Å²) in [6.07, 6.45) is 1.35. The molecule has 0 radical (unpaired) electrons. The fourth-order valence-electron chi connectivity index (χ4n) is 2.32. The van der Waals surface area contributed by atoms with E-state index in [0.29, 0.717) is 25.1 Å². The summed E-state index contributed by atoms with van der Waals surface area (Å²) in [5, 5.41) is 8.88. The van der Waals surface area contributed by atoms with Crippen LogP contribution in [0, 0.1) is 18.7 Å². The van der Waals surface area contributed by atoms with Crippen LogP contribution in [0.3, 0.4) is 0 Å². The zero-order valence-electron chi connectivity index (χ0n) is 10.8. The molecule has 1 aliphatic heterocycles. The first-order valence-electron chi connectivity index (χ1n) is 6.32. The first kappa shape index (κ1) is 14.4. The molecule has 0 bridgehead atoms. The van der Waals surface area contributed by atoms with E-state index in [1.54, 1.807) is 6.92 Å². The van der Waals surface area contributed by atoms with Crippen molar-refractivity contribution in [3.05, 3.63) is 29.6 Å². The molecule has 1 aliphatic rings. The summed E-state index contributed by atoms with van der Waals surface area (Å²) < 4.78 is 39.5. The quantitative estimate of drug-likeness (QED) is 0.913. The Kier molecular flexibility index (Phi) is 4.23. The number of hydrogen-bond acceptors (Lipinski definition) is 3. The highest BCUT2D eigenvalue weighted by Crippen LogP contribution is 2.26. The van der Waals surface area contributed by atoms with Crippen LogP contribution < -0.4 is 0 Å². The second-order valence-electron chi connectivity index (χ2n) is 4.94. The Morgan fingerprint density at radius 3 is 2.84 bits per heavy atom. The maximum absolute atomic E-state index is 13.5. The molecule has 1 N–H and O–H groups in total. The van der Waals surface area contributed by atoms with Crippen LogP contribution in [0.25, 0.3) is 0 Å². The molecule has 0 aromatic heterocycles.